The molecule has 0 aliphatic rings. The number of para-hydroxylation sites is 2. The van der Waals surface area contributed by atoms with Crippen molar-refractivity contribution >= 4 is 16.8 Å². The molecule has 88 valence electrons. The molecule has 2 rings (SSSR count). The van der Waals surface area contributed by atoms with Crippen molar-refractivity contribution in [1.82, 2.24) is 14.5 Å². The average molecular weight is 229 g/mol. The van der Waals surface area contributed by atoms with E-state index in [1.807, 2.05) is 54.9 Å². The minimum Gasteiger partial charge on any atom is -0.383 e. The van der Waals surface area contributed by atoms with E-state index < -0.39 is 0 Å². The van der Waals surface area contributed by atoms with Gasteiger partial charge in [-0.25, -0.2) is 4.98 Å². The summed E-state index contributed by atoms with van der Waals surface area (Å²) in [6.07, 6.45) is 3.25. The predicted molar refractivity (Wildman–Crippen MR) is 67.9 cm³/mol. The smallest absolute Gasteiger partial charge is 0.222 e. The fraction of sp³-hybridized carbons (Fsp3) is 0.231. The van der Waals surface area contributed by atoms with Crippen LogP contribution in [0.15, 0.2) is 36.5 Å². The van der Waals surface area contributed by atoms with Crippen molar-refractivity contribution in [2.75, 3.05) is 14.1 Å². The first-order valence-electron chi connectivity index (χ1n) is 5.40. The molecule has 0 spiro atoms. The van der Waals surface area contributed by atoms with Gasteiger partial charge in [0, 0.05) is 33.4 Å². The van der Waals surface area contributed by atoms with Crippen LogP contribution in [0, 0.1) is 0 Å². The summed E-state index contributed by atoms with van der Waals surface area (Å²) in [7, 11) is 5.60. The molecule has 2 aromatic rings. The SMILES string of the molecule is CN(C)C=CC(=O)c1nc2ccccc2n1C. The van der Waals surface area contributed by atoms with Crippen molar-refractivity contribution < 1.29 is 4.79 Å². The van der Waals surface area contributed by atoms with E-state index in [0.717, 1.165) is 11.0 Å². The van der Waals surface area contributed by atoms with Gasteiger partial charge in [0.15, 0.2) is 5.82 Å². The molecule has 0 saturated heterocycles. The second-order valence-electron chi connectivity index (χ2n) is 4.13. The molecule has 0 unspecified atom stereocenters. The van der Waals surface area contributed by atoms with Crippen molar-refractivity contribution in [3.8, 4) is 0 Å². The molecule has 0 saturated carbocycles. The number of carbonyl (C=O) groups is 1. The summed E-state index contributed by atoms with van der Waals surface area (Å²) in [4.78, 5) is 18.1. The highest BCUT2D eigenvalue weighted by Crippen LogP contribution is 2.14. The number of fused-ring (bicyclic) bond motifs is 1. The van der Waals surface area contributed by atoms with Crippen LogP contribution in [0.25, 0.3) is 11.0 Å². The van der Waals surface area contributed by atoms with Crippen LogP contribution in [-0.4, -0.2) is 34.3 Å². The number of imidazole rings is 1. The molecular formula is C13H15N3O. The van der Waals surface area contributed by atoms with Gasteiger partial charge in [0.2, 0.25) is 5.78 Å². The van der Waals surface area contributed by atoms with Crippen molar-refractivity contribution in [1.29, 1.82) is 0 Å². The van der Waals surface area contributed by atoms with Gasteiger partial charge in [0.1, 0.15) is 0 Å². The maximum absolute atomic E-state index is 11.9. The number of allylic oxidation sites excluding steroid dienone is 1. The monoisotopic (exact) mass is 229 g/mol. The average Bonchev–Trinajstić information content (AvgIpc) is 2.64. The number of rotatable bonds is 3. The predicted octanol–water partition coefficient (Wildman–Crippen LogP) is 1.83. The quantitative estimate of drug-likeness (QED) is 0.595. The Morgan fingerprint density at radius 2 is 2.06 bits per heavy atom. The minimum atomic E-state index is -0.0857. The first-order valence-corrected chi connectivity index (χ1v) is 5.40. The second kappa shape index (κ2) is 4.41. The summed E-state index contributed by atoms with van der Waals surface area (Å²) in [5.74, 6) is 0.377. The molecular weight excluding hydrogens is 214 g/mol. The maximum atomic E-state index is 11.9. The van der Waals surface area contributed by atoms with Crippen LogP contribution in [0.3, 0.4) is 0 Å². The molecule has 0 amide bonds. The van der Waals surface area contributed by atoms with Gasteiger partial charge in [-0.2, -0.15) is 0 Å². The van der Waals surface area contributed by atoms with E-state index in [0.29, 0.717) is 5.82 Å². The van der Waals surface area contributed by atoms with Crippen molar-refractivity contribution in [2.24, 2.45) is 7.05 Å². The highest BCUT2D eigenvalue weighted by Gasteiger charge is 2.12. The lowest BCUT2D eigenvalue weighted by Crippen LogP contribution is -2.07. The Hall–Kier alpha value is -2.10. The van der Waals surface area contributed by atoms with E-state index in [-0.39, 0.29) is 5.78 Å². The van der Waals surface area contributed by atoms with Crippen molar-refractivity contribution in [3.63, 3.8) is 0 Å². The number of aryl methyl sites for hydroxylation is 1. The lowest BCUT2D eigenvalue weighted by atomic mass is 10.3. The van der Waals surface area contributed by atoms with E-state index in [2.05, 4.69) is 4.98 Å². The molecule has 0 atom stereocenters. The van der Waals surface area contributed by atoms with Gasteiger partial charge in [-0.3, -0.25) is 4.79 Å². The number of aromatic nitrogens is 2. The van der Waals surface area contributed by atoms with Crippen LogP contribution in [0.5, 0.6) is 0 Å². The summed E-state index contributed by atoms with van der Waals surface area (Å²) in [5.41, 5.74) is 1.81. The third-order valence-corrected chi connectivity index (χ3v) is 2.53. The van der Waals surface area contributed by atoms with Gasteiger partial charge in [0.05, 0.1) is 11.0 Å². The summed E-state index contributed by atoms with van der Waals surface area (Å²) in [6.45, 7) is 0. The zero-order valence-corrected chi connectivity index (χ0v) is 10.2. The van der Waals surface area contributed by atoms with E-state index in [4.69, 9.17) is 0 Å². The standard InChI is InChI=1S/C13H15N3O/c1-15(2)9-8-12(17)13-14-10-6-4-5-7-11(10)16(13)3/h4-9H,1-3H3. The van der Waals surface area contributed by atoms with E-state index in [1.54, 1.807) is 6.20 Å². The number of benzene rings is 1. The zero-order chi connectivity index (χ0) is 12.4. The van der Waals surface area contributed by atoms with Gasteiger partial charge in [-0.05, 0) is 12.1 Å². The number of ketones is 1. The summed E-state index contributed by atoms with van der Waals surface area (Å²) >= 11 is 0. The van der Waals surface area contributed by atoms with Gasteiger partial charge >= 0.3 is 0 Å². The first-order chi connectivity index (χ1) is 8.09. The van der Waals surface area contributed by atoms with Crippen LogP contribution < -0.4 is 0 Å². The maximum Gasteiger partial charge on any atom is 0.222 e. The molecule has 4 nitrogen and oxygen atoms in total. The highest BCUT2D eigenvalue weighted by atomic mass is 16.1. The number of hydrogen-bond donors (Lipinski definition) is 0. The van der Waals surface area contributed by atoms with Crippen LogP contribution in [0.1, 0.15) is 10.6 Å². The molecule has 1 aromatic heterocycles. The van der Waals surface area contributed by atoms with Gasteiger partial charge in [-0.1, -0.05) is 12.1 Å². The Kier molecular flexibility index (Phi) is 2.95. The lowest BCUT2D eigenvalue weighted by Gasteiger charge is -2.02. The normalized spacial score (nSPS) is 11.2. The molecule has 1 aromatic carbocycles. The third kappa shape index (κ3) is 2.20. The summed E-state index contributed by atoms with van der Waals surface area (Å²) < 4.78 is 1.82. The molecule has 0 radical (unpaired) electrons. The highest BCUT2D eigenvalue weighted by molar-refractivity contribution is 6.03. The van der Waals surface area contributed by atoms with E-state index >= 15 is 0 Å². The molecule has 0 aliphatic carbocycles. The fourth-order valence-corrected chi connectivity index (χ4v) is 1.66. The first kappa shape index (κ1) is 11.4. The van der Waals surface area contributed by atoms with Crippen LogP contribution in [0.2, 0.25) is 0 Å². The molecule has 0 aliphatic heterocycles. The zero-order valence-electron chi connectivity index (χ0n) is 10.2. The molecule has 0 fully saturated rings. The van der Waals surface area contributed by atoms with Crippen LogP contribution in [0.4, 0.5) is 0 Å². The Labute approximate surface area is 100 Å². The molecule has 0 bridgehead atoms. The van der Waals surface area contributed by atoms with Gasteiger partial charge < -0.3 is 9.47 Å². The van der Waals surface area contributed by atoms with Gasteiger partial charge in [0.25, 0.3) is 0 Å². The molecule has 1 heterocycles. The topological polar surface area (TPSA) is 38.1 Å². The van der Waals surface area contributed by atoms with E-state index in [9.17, 15) is 4.79 Å². The molecule has 0 N–H and O–H groups in total. The van der Waals surface area contributed by atoms with Crippen LogP contribution >= 0.6 is 0 Å². The Morgan fingerprint density at radius 1 is 1.35 bits per heavy atom. The van der Waals surface area contributed by atoms with Crippen molar-refractivity contribution in [2.45, 2.75) is 0 Å². The number of nitrogens with zero attached hydrogens (tertiary/aromatic N) is 3. The summed E-state index contributed by atoms with van der Waals surface area (Å²) in [6, 6.07) is 7.71. The Bertz CT molecular complexity index is 581. The number of carbonyl (C=O) groups excluding carboxylic acids is 1. The van der Waals surface area contributed by atoms with E-state index in [1.165, 1.54) is 6.08 Å². The largest absolute Gasteiger partial charge is 0.383 e. The second-order valence-corrected chi connectivity index (χ2v) is 4.13. The van der Waals surface area contributed by atoms with Crippen LogP contribution in [-0.2, 0) is 7.05 Å². The fourth-order valence-electron chi connectivity index (χ4n) is 1.66. The Balaban J connectivity index is 2.42. The Morgan fingerprint density at radius 3 is 2.71 bits per heavy atom. The summed E-state index contributed by atoms with van der Waals surface area (Å²) in [5, 5.41) is 0. The van der Waals surface area contributed by atoms with Gasteiger partial charge in [-0.15, -0.1) is 0 Å². The minimum absolute atomic E-state index is 0.0857. The molecule has 4 heteroatoms. The molecule has 17 heavy (non-hydrogen) atoms. The van der Waals surface area contributed by atoms with Crippen molar-refractivity contribution in [3.05, 3.63) is 42.4 Å². The number of hydrogen-bond acceptors (Lipinski definition) is 3. The third-order valence-electron chi connectivity index (χ3n) is 2.53. The lowest BCUT2D eigenvalue weighted by molar-refractivity contribution is 0.103.